The van der Waals surface area contributed by atoms with Gasteiger partial charge in [-0.2, -0.15) is 0 Å². The molecule has 1 N–H and O–H groups in total. The van der Waals surface area contributed by atoms with Gasteiger partial charge in [-0.25, -0.2) is 4.39 Å². The standard InChI is InChI=1S/C14H19FO2/c1-10-5-6-12(15)14(9-10)17-8-7-11-3-2-4-13(11)16/h5-6,9,11,13,16H,2-4,7-8H2,1H3. The SMILES string of the molecule is Cc1ccc(F)c(OCCC2CCCC2O)c1. The Hall–Kier alpha value is -1.09. The van der Waals surface area contributed by atoms with Gasteiger partial charge in [-0.3, -0.25) is 0 Å². The zero-order valence-corrected chi connectivity index (χ0v) is 10.2. The fourth-order valence-electron chi connectivity index (χ4n) is 2.40. The maximum absolute atomic E-state index is 13.4. The highest BCUT2D eigenvalue weighted by Crippen LogP contribution is 2.28. The zero-order valence-electron chi connectivity index (χ0n) is 10.2. The Labute approximate surface area is 101 Å². The van der Waals surface area contributed by atoms with E-state index >= 15 is 0 Å². The van der Waals surface area contributed by atoms with Gasteiger partial charge in [0.25, 0.3) is 0 Å². The van der Waals surface area contributed by atoms with Crippen molar-refractivity contribution in [3.05, 3.63) is 29.6 Å². The molecule has 2 unspecified atom stereocenters. The van der Waals surface area contributed by atoms with Gasteiger partial charge in [0, 0.05) is 0 Å². The van der Waals surface area contributed by atoms with Crippen molar-refractivity contribution >= 4 is 0 Å². The maximum Gasteiger partial charge on any atom is 0.165 e. The van der Waals surface area contributed by atoms with E-state index in [1.807, 2.05) is 6.92 Å². The number of hydrogen-bond acceptors (Lipinski definition) is 2. The number of ether oxygens (including phenoxy) is 1. The van der Waals surface area contributed by atoms with Gasteiger partial charge in [0.05, 0.1) is 12.7 Å². The molecule has 0 aromatic heterocycles. The van der Waals surface area contributed by atoms with Crippen molar-refractivity contribution in [2.75, 3.05) is 6.61 Å². The monoisotopic (exact) mass is 238 g/mol. The van der Waals surface area contributed by atoms with Crippen LogP contribution in [0.25, 0.3) is 0 Å². The van der Waals surface area contributed by atoms with Gasteiger partial charge in [0.15, 0.2) is 11.6 Å². The first kappa shape index (κ1) is 12.4. The average Bonchev–Trinajstić information content (AvgIpc) is 2.70. The summed E-state index contributed by atoms with van der Waals surface area (Å²) >= 11 is 0. The molecule has 0 heterocycles. The van der Waals surface area contributed by atoms with E-state index in [1.165, 1.54) is 6.07 Å². The zero-order chi connectivity index (χ0) is 12.3. The van der Waals surface area contributed by atoms with Gasteiger partial charge in [-0.1, -0.05) is 12.5 Å². The van der Waals surface area contributed by atoms with Gasteiger partial charge in [-0.05, 0) is 49.8 Å². The molecule has 1 aliphatic carbocycles. The lowest BCUT2D eigenvalue weighted by Gasteiger charge is -2.15. The first-order valence-electron chi connectivity index (χ1n) is 6.24. The third kappa shape index (κ3) is 3.19. The first-order chi connectivity index (χ1) is 8.16. The Morgan fingerprint density at radius 1 is 1.41 bits per heavy atom. The number of halogens is 1. The van der Waals surface area contributed by atoms with E-state index in [0.717, 1.165) is 31.2 Å². The third-order valence-electron chi connectivity index (χ3n) is 3.45. The quantitative estimate of drug-likeness (QED) is 0.873. The van der Waals surface area contributed by atoms with Crippen molar-refractivity contribution in [3.8, 4) is 5.75 Å². The summed E-state index contributed by atoms with van der Waals surface area (Å²) < 4.78 is 18.8. The van der Waals surface area contributed by atoms with Crippen LogP contribution in [0.2, 0.25) is 0 Å². The molecular weight excluding hydrogens is 219 g/mol. The molecule has 1 aromatic rings. The van der Waals surface area contributed by atoms with Crippen LogP contribution in [0.3, 0.4) is 0 Å². The van der Waals surface area contributed by atoms with Gasteiger partial charge in [-0.15, -0.1) is 0 Å². The first-order valence-corrected chi connectivity index (χ1v) is 6.24. The molecule has 0 amide bonds. The largest absolute Gasteiger partial charge is 0.490 e. The highest BCUT2D eigenvalue weighted by atomic mass is 19.1. The molecule has 0 saturated heterocycles. The Morgan fingerprint density at radius 3 is 2.94 bits per heavy atom. The van der Waals surface area contributed by atoms with E-state index in [9.17, 15) is 9.50 Å². The lowest BCUT2D eigenvalue weighted by Crippen LogP contribution is -2.16. The minimum absolute atomic E-state index is 0.194. The molecule has 3 heteroatoms. The number of hydrogen-bond donors (Lipinski definition) is 1. The molecule has 17 heavy (non-hydrogen) atoms. The van der Waals surface area contributed by atoms with Crippen molar-refractivity contribution in [2.45, 2.75) is 38.7 Å². The average molecular weight is 238 g/mol. The summed E-state index contributed by atoms with van der Waals surface area (Å²) in [7, 11) is 0. The summed E-state index contributed by atoms with van der Waals surface area (Å²) in [6.07, 6.45) is 3.64. The van der Waals surface area contributed by atoms with Gasteiger partial charge in [0.2, 0.25) is 0 Å². The van der Waals surface area contributed by atoms with Gasteiger partial charge in [0.1, 0.15) is 0 Å². The van der Waals surface area contributed by atoms with E-state index < -0.39 is 0 Å². The van der Waals surface area contributed by atoms with Crippen molar-refractivity contribution in [1.82, 2.24) is 0 Å². The van der Waals surface area contributed by atoms with E-state index in [4.69, 9.17) is 4.74 Å². The van der Waals surface area contributed by atoms with Crippen molar-refractivity contribution < 1.29 is 14.2 Å². The highest BCUT2D eigenvalue weighted by molar-refractivity contribution is 5.29. The van der Waals surface area contributed by atoms with E-state index in [1.54, 1.807) is 12.1 Å². The molecule has 2 rings (SSSR count). The van der Waals surface area contributed by atoms with Crippen molar-refractivity contribution in [1.29, 1.82) is 0 Å². The fraction of sp³-hybridized carbons (Fsp3) is 0.571. The Morgan fingerprint density at radius 2 is 2.24 bits per heavy atom. The molecule has 2 atom stereocenters. The van der Waals surface area contributed by atoms with Crippen molar-refractivity contribution in [2.24, 2.45) is 5.92 Å². The molecular formula is C14H19FO2. The molecule has 1 aromatic carbocycles. The molecule has 2 nitrogen and oxygen atoms in total. The van der Waals surface area contributed by atoms with E-state index in [0.29, 0.717) is 18.3 Å². The molecule has 94 valence electrons. The van der Waals surface area contributed by atoms with Crippen molar-refractivity contribution in [3.63, 3.8) is 0 Å². The summed E-state index contributed by atoms with van der Waals surface area (Å²) in [6.45, 7) is 2.38. The number of benzene rings is 1. The van der Waals surface area contributed by atoms with E-state index in [2.05, 4.69) is 0 Å². The maximum atomic E-state index is 13.4. The summed E-state index contributed by atoms with van der Waals surface area (Å²) in [5.41, 5.74) is 0.988. The highest BCUT2D eigenvalue weighted by Gasteiger charge is 2.24. The van der Waals surface area contributed by atoms with Crippen LogP contribution < -0.4 is 4.74 Å². The minimum Gasteiger partial charge on any atom is -0.490 e. The van der Waals surface area contributed by atoms with Crippen LogP contribution in [-0.2, 0) is 0 Å². The second kappa shape index (κ2) is 5.50. The van der Waals surface area contributed by atoms with E-state index in [-0.39, 0.29) is 11.9 Å². The summed E-state index contributed by atoms with van der Waals surface area (Å²) in [6, 6.07) is 4.86. The molecule has 0 aliphatic heterocycles. The summed E-state index contributed by atoms with van der Waals surface area (Å²) in [4.78, 5) is 0. The van der Waals surface area contributed by atoms with Crippen LogP contribution >= 0.6 is 0 Å². The summed E-state index contributed by atoms with van der Waals surface area (Å²) in [5.74, 6) is 0.322. The number of aryl methyl sites for hydroxylation is 1. The van der Waals surface area contributed by atoms with Gasteiger partial charge >= 0.3 is 0 Å². The Balaban J connectivity index is 1.83. The smallest absolute Gasteiger partial charge is 0.165 e. The number of aliphatic hydroxyl groups is 1. The van der Waals surface area contributed by atoms with Crippen LogP contribution in [0.4, 0.5) is 4.39 Å². The topological polar surface area (TPSA) is 29.5 Å². The molecule has 1 saturated carbocycles. The second-order valence-electron chi connectivity index (χ2n) is 4.83. The Bertz CT molecular complexity index is 378. The minimum atomic E-state index is -0.317. The lowest BCUT2D eigenvalue weighted by atomic mass is 10.0. The molecule has 1 fully saturated rings. The van der Waals surface area contributed by atoms with Crippen LogP contribution in [-0.4, -0.2) is 17.8 Å². The Kier molecular flexibility index (Phi) is 4.00. The normalized spacial score (nSPS) is 23.9. The summed E-state index contributed by atoms with van der Waals surface area (Å²) in [5, 5.41) is 9.66. The third-order valence-corrected chi connectivity index (χ3v) is 3.45. The van der Waals surface area contributed by atoms with Crippen LogP contribution in [0.5, 0.6) is 5.75 Å². The lowest BCUT2D eigenvalue weighted by molar-refractivity contribution is 0.116. The van der Waals surface area contributed by atoms with Gasteiger partial charge < -0.3 is 9.84 Å². The number of rotatable bonds is 4. The molecule has 1 aliphatic rings. The van der Waals surface area contributed by atoms with Crippen LogP contribution in [0, 0.1) is 18.7 Å². The second-order valence-corrected chi connectivity index (χ2v) is 4.83. The predicted molar refractivity (Wildman–Crippen MR) is 64.6 cm³/mol. The van der Waals surface area contributed by atoms with Crippen LogP contribution in [0.15, 0.2) is 18.2 Å². The fourth-order valence-corrected chi connectivity index (χ4v) is 2.40. The molecule has 0 bridgehead atoms. The molecule has 0 radical (unpaired) electrons. The van der Waals surface area contributed by atoms with Crippen LogP contribution in [0.1, 0.15) is 31.2 Å². The molecule has 0 spiro atoms. The number of aliphatic hydroxyl groups excluding tert-OH is 1. The predicted octanol–water partition coefficient (Wildman–Crippen LogP) is 3.06.